The second-order valence-electron chi connectivity index (χ2n) is 5.44. The summed E-state index contributed by atoms with van der Waals surface area (Å²) in [5.74, 6) is -0.414. The van der Waals surface area contributed by atoms with E-state index in [2.05, 4.69) is 26.6 Å². The maximum atomic E-state index is 13.2. The van der Waals surface area contributed by atoms with Crippen LogP contribution in [-0.2, 0) is 4.79 Å². The third kappa shape index (κ3) is 4.98. The van der Waals surface area contributed by atoms with Crippen LogP contribution in [0.5, 0.6) is 0 Å². The van der Waals surface area contributed by atoms with Gasteiger partial charge < -0.3 is 5.32 Å². The van der Waals surface area contributed by atoms with Crippen LogP contribution >= 0.6 is 27.3 Å². The zero-order valence-electron chi connectivity index (χ0n) is 13.2. The van der Waals surface area contributed by atoms with Crippen LogP contribution in [0, 0.1) is 5.82 Å². The first-order valence-electron chi connectivity index (χ1n) is 7.69. The summed E-state index contributed by atoms with van der Waals surface area (Å²) in [5.41, 5.74) is 1.65. The SMILES string of the molecule is O=C(CN[C@@H](c1ccc(F)cc1)c1cccs1)Nc1cccc(Br)c1. The second-order valence-corrected chi connectivity index (χ2v) is 7.33. The quantitative estimate of drug-likeness (QED) is 0.593. The summed E-state index contributed by atoms with van der Waals surface area (Å²) in [6, 6.07) is 17.6. The molecule has 0 saturated carbocycles. The molecule has 0 aliphatic heterocycles. The fourth-order valence-corrected chi connectivity index (χ4v) is 3.69. The van der Waals surface area contributed by atoms with Crippen LogP contribution in [0.3, 0.4) is 0 Å². The zero-order chi connectivity index (χ0) is 17.6. The van der Waals surface area contributed by atoms with Crippen molar-refractivity contribution in [1.29, 1.82) is 0 Å². The van der Waals surface area contributed by atoms with Crippen LogP contribution in [0.15, 0.2) is 70.5 Å². The van der Waals surface area contributed by atoms with E-state index in [0.29, 0.717) is 0 Å². The number of thiophene rings is 1. The molecule has 1 atom stereocenters. The molecule has 25 heavy (non-hydrogen) atoms. The number of anilines is 1. The monoisotopic (exact) mass is 418 g/mol. The Hall–Kier alpha value is -2.02. The molecular formula is C19H16BrFN2OS. The van der Waals surface area contributed by atoms with Crippen LogP contribution in [0.25, 0.3) is 0 Å². The Morgan fingerprint density at radius 1 is 1.12 bits per heavy atom. The van der Waals surface area contributed by atoms with E-state index in [-0.39, 0.29) is 24.3 Å². The maximum absolute atomic E-state index is 13.2. The number of halogens is 2. The van der Waals surface area contributed by atoms with Gasteiger partial charge in [-0.2, -0.15) is 0 Å². The van der Waals surface area contributed by atoms with Crippen molar-refractivity contribution in [2.75, 3.05) is 11.9 Å². The molecule has 0 unspecified atom stereocenters. The lowest BCUT2D eigenvalue weighted by atomic mass is 10.1. The van der Waals surface area contributed by atoms with Crippen LogP contribution in [0.1, 0.15) is 16.5 Å². The largest absolute Gasteiger partial charge is 0.325 e. The average molecular weight is 419 g/mol. The first kappa shape index (κ1) is 17.8. The van der Waals surface area contributed by atoms with Gasteiger partial charge in [-0.15, -0.1) is 11.3 Å². The number of amides is 1. The predicted octanol–water partition coefficient (Wildman–Crippen LogP) is 4.97. The van der Waals surface area contributed by atoms with E-state index in [1.54, 1.807) is 23.5 Å². The summed E-state index contributed by atoms with van der Waals surface area (Å²) < 4.78 is 14.1. The van der Waals surface area contributed by atoms with E-state index < -0.39 is 0 Å². The molecule has 0 radical (unpaired) electrons. The molecular weight excluding hydrogens is 403 g/mol. The van der Waals surface area contributed by atoms with Gasteiger partial charge in [0.25, 0.3) is 0 Å². The van der Waals surface area contributed by atoms with Crippen LogP contribution in [0.2, 0.25) is 0 Å². The molecule has 0 bridgehead atoms. The minimum Gasteiger partial charge on any atom is -0.325 e. The standard InChI is InChI=1S/C19H16BrFN2OS/c20-14-3-1-4-16(11-14)23-18(24)12-22-19(17-5-2-10-25-17)13-6-8-15(21)9-7-13/h1-11,19,22H,12H2,(H,23,24)/t19-/m0/s1. The molecule has 0 fully saturated rings. The molecule has 2 aromatic carbocycles. The average Bonchev–Trinajstić information content (AvgIpc) is 3.11. The fraction of sp³-hybridized carbons (Fsp3) is 0.105. The molecule has 3 aromatic rings. The molecule has 2 N–H and O–H groups in total. The van der Waals surface area contributed by atoms with Gasteiger partial charge in [0.2, 0.25) is 5.91 Å². The van der Waals surface area contributed by atoms with E-state index in [4.69, 9.17) is 0 Å². The third-order valence-electron chi connectivity index (χ3n) is 3.61. The van der Waals surface area contributed by atoms with Gasteiger partial charge in [0.1, 0.15) is 5.82 Å². The Labute approximate surface area is 158 Å². The lowest BCUT2D eigenvalue weighted by molar-refractivity contribution is -0.115. The van der Waals surface area contributed by atoms with E-state index >= 15 is 0 Å². The number of hydrogen-bond donors (Lipinski definition) is 2. The van der Waals surface area contributed by atoms with E-state index in [1.807, 2.05) is 41.8 Å². The summed E-state index contributed by atoms with van der Waals surface area (Å²) in [6.45, 7) is 0.145. The summed E-state index contributed by atoms with van der Waals surface area (Å²) in [4.78, 5) is 13.3. The van der Waals surface area contributed by atoms with Gasteiger partial charge in [-0.3, -0.25) is 10.1 Å². The molecule has 0 aliphatic rings. The highest BCUT2D eigenvalue weighted by molar-refractivity contribution is 9.10. The van der Waals surface area contributed by atoms with Crippen LogP contribution in [0.4, 0.5) is 10.1 Å². The number of benzene rings is 2. The van der Waals surface area contributed by atoms with E-state index in [1.165, 1.54) is 12.1 Å². The zero-order valence-corrected chi connectivity index (χ0v) is 15.6. The fourth-order valence-electron chi connectivity index (χ4n) is 2.46. The molecule has 1 amide bonds. The molecule has 0 spiro atoms. The van der Waals surface area contributed by atoms with Crippen molar-refractivity contribution in [2.24, 2.45) is 0 Å². The molecule has 1 heterocycles. The number of rotatable bonds is 6. The highest BCUT2D eigenvalue weighted by Gasteiger charge is 2.16. The second kappa shape index (κ2) is 8.38. The lowest BCUT2D eigenvalue weighted by Gasteiger charge is -2.18. The van der Waals surface area contributed by atoms with Crippen molar-refractivity contribution < 1.29 is 9.18 Å². The first-order valence-corrected chi connectivity index (χ1v) is 9.37. The van der Waals surface area contributed by atoms with Gasteiger partial charge in [-0.25, -0.2) is 4.39 Å². The molecule has 0 saturated heterocycles. The van der Waals surface area contributed by atoms with Crippen molar-refractivity contribution >= 4 is 38.9 Å². The molecule has 6 heteroatoms. The Kier molecular flexibility index (Phi) is 5.96. The van der Waals surface area contributed by atoms with Crippen molar-refractivity contribution in [2.45, 2.75) is 6.04 Å². The highest BCUT2D eigenvalue weighted by Crippen LogP contribution is 2.26. The van der Waals surface area contributed by atoms with Gasteiger partial charge >= 0.3 is 0 Å². The topological polar surface area (TPSA) is 41.1 Å². The summed E-state index contributed by atoms with van der Waals surface area (Å²) in [7, 11) is 0. The van der Waals surface area contributed by atoms with Gasteiger partial charge in [0, 0.05) is 15.0 Å². The number of nitrogens with one attached hydrogen (secondary N) is 2. The van der Waals surface area contributed by atoms with Gasteiger partial charge in [0.15, 0.2) is 0 Å². The van der Waals surface area contributed by atoms with Crippen LogP contribution in [-0.4, -0.2) is 12.5 Å². The lowest BCUT2D eigenvalue weighted by Crippen LogP contribution is -2.31. The van der Waals surface area contributed by atoms with Crippen molar-refractivity contribution in [3.05, 3.63) is 86.8 Å². The number of carbonyl (C=O) groups is 1. The normalized spacial score (nSPS) is 11.9. The summed E-state index contributed by atoms with van der Waals surface area (Å²) in [6.07, 6.45) is 0. The highest BCUT2D eigenvalue weighted by atomic mass is 79.9. The first-order chi connectivity index (χ1) is 12.1. The Morgan fingerprint density at radius 2 is 1.92 bits per heavy atom. The van der Waals surface area contributed by atoms with Crippen LogP contribution < -0.4 is 10.6 Å². The Bertz CT molecular complexity index is 837. The minimum atomic E-state index is -0.277. The third-order valence-corrected chi connectivity index (χ3v) is 5.04. The minimum absolute atomic E-state index is 0.137. The van der Waals surface area contributed by atoms with Crippen molar-refractivity contribution in [3.63, 3.8) is 0 Å². The maximum Gasteiger partial charge on any atom is 0.238 e. The van der Waals surface area contributed by atoms with Gasteiger partial charge in [-0.1, -0.05) is 40.2 Å². The Balaban J connectivity index is 1.68. The molecule has 3 nitrogen and oxygen atoms in total. The number of carbonyl (C=O) groups excluding carboxylic acids is 1. The predicted molar refractivity (Wildman–Crippen MR) is 103 cm³/mol. The molecule has 0 aliphatic carbocycles. The summed E-state index contributed by atoms with van der Waals surface area (Å²) in [5, 5.41) is 8.09. The molecule has 128 valence electrons. The van der Waals surface area contributed by atoms with Crippen molar-refractivity contribution in [3.8, 4) is 0 Å². The van der Waals surface area contributed by atoms with Crippen molar-refractivity contribution in [1.82, 2.24) is 5.32 Å². The van der Waals surface area contributed by atoms with E-state index in [9.17, 15) is 9.18 Å². The van der Waals surface area contributed by atoms with Gasteiger partial charge in [0.05, 0.1) is 12.6 Å². The summed E-state index contributed by atoms with van der Waals surface area (Å²) >= 11 is 4.97. The molecule has 3 rings (SSSR count). The van der Waals surface area contributed by atoms with Gasteiger partial charge in [-0.05, 0) is 47.3 Å². The smallest absolute Gasteiger partial charge is 0.238 e. The Morgan fingerprint density at radius 3 is 2.60 bits per heavy atom. The molecule has 1 aromatic heterocycles. The van der Waals surface area contributed by atoms with E-state index in [0.717, 1.165) is 20.6 Å². The number of hydrogen-bond acceptors (Lipinski definition) is 3.